The summed E-state index contributed by atoms with van der Waals surface area (Å²) >= 11 is 0. The number of nitriles is 1. The van der Waals surface area contributed by atoms with Crippen LogP contribution in [0.15, 0.2) is 42.7 Å². The van der Waals surface area contributed by atoms with Crippen molar-refractivity contribution in [3.8, 4) is 23.1 Å². The van der Waals surface area contributed by atoms with Crippen LogP contribution >= 0.6 is 0 Å². The summed E-state index contributed by atoms with van der Waals surface area (Å²) in [5.74, 6) is 0.146. The fourth-order valence-electron chi connectivity index (χ4n) is 2.64. The zero-order valence-corrected chi connectivity index (χ0v) is 14.8. The van der Waals surface area contributed by atoms with Gasteiger partial charge in [-0.3, -0.25) is 4.98 Å². The van der Waals surface area contributed by atoms with E-state index in [-0.39, 0.29) is 5.75 Å². The summed E-state index contributed by atoms with van der Waals surface area (Å²) < 4.78 is 30.0. The minimum absolute atomic E-state index is 0.146. The van der Waals surface area contributed by atoms with E-state index in [0.717, 1.165) is 15.2 Å². The van der Waals surface area contributed by atoms with E-state index in [2.05, 4.69) is 11.1 Å². The molecule has 0 saturated heterocycles. The van der Waals surface area contributed by atoms with Gasteiger partial charge >= 0.3 is 10.7 Å². The number of rotatable bonds is 4. The highest BCUT2D eigenvalue weighted by Crippen LogP contribution is 2.33. The molecule has 3 rings (SSSR count). The Bertz CT molecular complexity index is 1040. The van der Waals surface area contributed by atoms with Gasteiger partial charge in [-0.05, 0) is 12.1 Å². The third kappa shape index (κ3) is 3.00. The number of para-hydroxylation sites is 1. The minimum atomic E-state index is -3.63. The second-order valence-electron chi connectivity index (χ2n) is 5.66. The maximum Gasteiger partial charge on any atom is 0.483 e. The van der Waals surface area contributed by atoms with Crippen LogP contribution in [-0.4, -0.2) is 32.5 Å². The molecule has 0 fully saturated rings. The molecule has 0 bridgehead atoms. The van der Waals surface area contributed by atoms with Crippen molar-refractivity contribution in [3.05, 3.63) is 48.3 Å². The molecule has 0 radical (unpaired) electrons. The highest BCUT2D eigenvalue weighted by atomic mass is 32.3. The van der Waals surface area contributed by atoms with E-state index >= 15 is 0 Å². The summed E-state index contributed by atoms with van der Waals surface area (Å²) in [7, 11) is 1.12. The largest absolute Gasteiger partial charge is 0.483 e. The number of hydrogen-bond donors (Lipinski definition) is 1. The summed E-state index contributed by atoms with van der Waals surface area (Å²) in [6.45, 7) is 0. The number of aromatic nitrogens is 2. The third-order valence-electron chi connectivity index (χ3n) is 3.87. The van der Waals surface area contributed by atoms with Crippen LogP contribution in [0.25, 0.3) is 22.2 Å². The molecule has 0 aliphatic carbocycles. The van der Waals surface area contributed by atoms with Crippen molar-refractivity contribution >= 4 is 21.6 Å². The molecule has 2 aromatic heterocycles. The second-order valence-corrected chi connectivity index (χ2v) is 7.46. The fraction of sp³-hybridized carbons (Fsp3) is 0.176. The van der Waals surface area contributed by atoms with Gasteiger partial charge in [-0.15, -0.1) is 4.55 Å². The Hall–Kier alpha value is -2.73. The van der Waals surface area contributed by atoms with Crippen LogP contribution in [0.2, 0.25) is 0 Å². The topological polar surface area (TPSA) is 91.4 Å². The molecule has 128 valence electrons. The molecule has 1 aromatic carbocycles. The molecule has 1 N–H and O–H groups in total. The van der Waals surface area contributed by atoms with Gasteiger partial charge in [0.1, 0.15) is 6.07 Å². The van der Waals surface area contributed by atoms with Crippen LogP contribution in [0.4, 0.5) is 0 Å². The number of nitrogens with zero attached hydrogens (tertiary/aromatic N) is 4. The van der Waals surface area contributed by atoms with Gasteiger partial charge in [-0.2, -0.15) is 5.26 Å². The summed E-state index contributed by atoms with van der Waals surface area (Å²) in [4.78, 5) is 4.09. The van der Waals surface area contributed by atoms with Crippen molar-refractivity contribution in [3.63, 3.8) is 0 Å². The van der Waals surface area contributed by atoms with Crippen LogP contribution in [0.3, 0.4) is 0 Å². The van der Waals surface area contributed by atoms with Crippen molar-refractivity contribution in [2.75, 3.05) is 14.1 Å². The van der Waals surface area contributed by atoms with Crippen LogP contribution in [-0.2, 0) is 21.9 Å². The van der Waals surface area contributed by atoms with Gasteiger partial charge in [0, 0.05) is 48.0 Å². The van der Waals surface area contributed by atoms with Gasteiger partial charge in [0.05, 0.1) is 17.5 Å². The Balaban J connectivity index is 2.14. The summed E-state index contributed by atoms with van der Waals surface area (Å²) in [5.41, 5.74) is 2.74. The average Bonchev–Trinajstić information content (AvgIpc) is 2.87. The first kappa shape index (κ1) is 17.1. The Kier molecular flexibility index (Phi) is 4.30. The number of hydrogen-bond acceptors (Lipinski definition) is 4. The molecule has 0 aliphatic rings. The Labute approximate surface area is 146 Å². The molecular formula is C17H17N4O3S+. The van der Waals surface area contributed by atoms with Crippen molar-refractivity contribution in [2.24, 2.45) is 7.05 Å². The maximum atomic E-state index is 12.0. The summed E-state index contributed by atoms with van der Waals surface area (Å²) in [6, 6.07) is 11.4. The SMILES string of the molecule is CN(C)[S+](=O)(O)Oc1cncc(-c2c(C#N)c3ccccc3n2C)c1. The predicted octanol–water partition coefficient (Wildman–Crippen LogP) is 2.85. The molecule has 0 amide bonds. The van der Waals surface area contributed by atoms with E-state index in [0.29, 0.717) is 16.8 Å². The summed E-state index contributed by atoms with van der Waals surface area (Å²) in [6.07, 6.45) is 2.95. The molecule has 1 unspecified atom stereocenters. The lowest BCUT2D eigenvalue weighted by molar-refractivity contribution is 0.345. The van der Waals surface area contributed by atoms with Crippen LogP contribution in [0.5, 0.6) is 5.75 Å². The lowest BCUT2D eigenvalue weighted by atomic mass is 10.1. The Morgan fingerprint density at radius 2 is 2.04 bits per heavy atom. The van der Waals surface area contributed by atoms with E-state index in [4.69, 9.17) is 4.18 Å². The zero-order valence-electron chi connectivity index (χ0n) is 14.0. The summed E-state index contributed by atoms with van der Waals surface area (Å²) in [5, 5.41) is 10.5. The monoisotopic (exact) mass is 357 g/mol. The molecule has 25 heavy (non-hydrogen) atoms. The first-order valence-electron chi connectivity index (χ1n) is 7.41. The van der Waals surface area contributed by atoms with Gasteiger partial charge in [0.25, 0.3) is 0 Å². The smallest absolute Gasteiger partial charge is 0.342 e. The fourth-order valence-corrected chi connectivity index (χ4v) is 3.13. The standard InChI is InChI=1S/C17H16N4O3S/c1-20(2)25(22,23)24-13-8-12(10-19-11-13)17-15(9-18)14-6-4-5-7-16(14)21(17)3/h4-8,10-11H,1-3H3/p+1. The van der Waals surface area contributed by atoms with Crippen LogP contribution in [0, 0.1) is 11.3 Å². The molecule has 2 heterocycles. The predicted molar refractivity (Wildman–Crippen MR) is 95.9 cm³/mol. The number of aryl methyl sites for hydroxylation is 1. The molecule has 0 aliphatic heterocycles. The molecule has 7 nitrogen and oxygen atoms in total. The molecule has 8 heteroatoms. The van der Waals surface area contributed by atoms with Crippen molar-refractivity contribution in [2.45, 2.75) is 0 Å². The van der Waals surface area contributed by atoms with Crippen molar-refractivity contribution in [1.82, 2.24) is 13.9 Å². The van der Waals surface area contributed by atoms with Crippen LogP contribution < -0.4 is 4.18 Å². The van der Waals surface area contributed by atoms with E-state index in [1.54, 1.807) is 12.3 Å². The first-order chi connectivity index (χ1) is 11.8. The Morgan fingerprint density at radius 3 is 2.72 bits per heavy atom. The molecule has 3 aromatic rings. The third-order valence-corrected chi connectivity index (χ3v) is 5.20. The van der Waals surface area contributed by atoms with Gasteiger partial charge in [0.15, 0.2) is 0 Å². The van der Waals surface area contributed by atoms with Crippen molar-refractivity contribution in [1.29, 1.82) is 5.26 Å². The minimum Gasteiger partial charge on any atom is -0.342 e. The lowest BCUT2D eigenvalue weighted by Crippen LogP contribution is -2.33. The first-order valence-corrected chi connectivity index (χ1v) is 8.81. The van der Waals surface area contributed by atoms with E-state index in [1.807, 2.05) is 35.9 Å². The second kappa shape index (κ2) is 6.29. The maximum absolute atomic E-state index is 12.0. The van der Waals surface area contributed by atoms with Gasteiger partial charge in [-0.25, -0.2) is 4.18 Å². The lowest BCUT2D eigenvalue weighted by Gasteiger charge is -2.10. The average molecular weight is 357 g/mol. The Morgan fingerprint density at radius 1 is 1.32 bits per heavy atom. The van der Waals surface area contributed by atoms with Crippen molar-refractivity contribution < 1.29 is 12.9 Å². The number of benzene rings is 1. The highest BCUT2D eigenvalue weighted by molar-refractivity contribution is 7.91. The quantitative estimate of drug-likeness (QED) is 0.725. The van der Waals surface area contributed by atoms with Gasteiger partial charge in [0.2, 0.25) is 5.75 Å². The van der Waals surface area contributed by atoms with Gasteiger partial charge < -0.3 is 4.57 Å². The van der Waals surface area contributed by atoms with E-state index in [1.165, 1.54) is 20.3 Å². The highest BCUT2D eigenvalue weighted by Gasteiger charge is 2.33. The number of pyridine rings is 1. The van der Waals surface area contributed by atoms with E-state index in [9.17, 15) is 14.0 Å². The normalized spacial score (nSPS) is 13.6. The van der Waals surface area contributed by atoms with Crippen LogP contribution in [0.1, 0.15) is 5.56 Å². The van der Waals surface area contributed by atoms with Gasteiger partial charge in [-0.1, -0.05) is 22.5 Å². The molecule has 0 spiro atoms. The molecule has 0 saturated carbocycles. The molecular weight excluding hydrogens is 340 g/mol. The molecule has 1 atom stereocenters. The number of fused-ring (bicyclic) bond motifs is 1. The zero-order chi connectivity index (χ0) is 18.2. The van der Waals surface area contributed by atoms with E-state index < -0.39 is 10.7 Å².